The fourth-order valence-electron chi connectivity index (χ4n) is 2.31. The van der Waals surface area contributed by atoms with Gasteiger partial charge in [0.25, 0.3) is 0 Å². The van der Waals surface area contributed by atoms with Crippen LogP contribution in [0.3, 0.4) is 0 Å². The van der Waals surface area contributed by atoms with E-state index in [-0.39, 0.29) is 0 Å². The number of imidazole rings is 1. The molecule has 102 valence electrons. The van der Waals surface area contributed by atoms with Gasteiger partial charge in [0.05, 0.1) is 22.2 Å². The summed E-state index contributed by atoms with van der Waals surface area (Å²) in [7, 11) is -1.07. The number of hydrogen-bond acceptors (Lipinski definition) is 2. The molecule has 1 unspecified atom stereocenters. The highest BCUT2D eigenvalue weighted by atomic mass is 32.2. The fraction of sp³-hybridized carbons (Fsp3) is 0.188. The van der Waals surface area contributed by atoms with Crippen LogP contribution in [0.5, 0.6) is 0 Å². The molecule has 3 nitrogen and oxygen atoms in total. The number of nitrogens with zero attached hydrogens (tertiary/aromatic N) is 1. The molecule has 1 N–H and O–H groups in total. The summed E-state index contributed by atoms with van der Waals surface area (Å²) in [6.07, 6.45) is 0. The van der Waals surface area contributed by atoms with Crippen molar-refractivity contribution in [2.24, 2.45) is 0 Å². The Bertz CT molecular complexity index is 792. The zero-order valence-corrected chi connectivity index (χ0v) is 12.3. The van der Waals surface area contributed by atoms with Crippen molar-refractivity contribution in [1.29, 1.82) is 0 Å². The minimum Gasteiger partial charge on any atom is -0.346 e. The zero-order valence-electron chi connectivity index (χ0n) is 11.5. The monoisotopic (exact) mass is 284 g/mol. The van der Waals surface area contributed by atoms with Crippen LogP contribution in [0.1, 0.15) is 17.2 Å². The first-order valence-electron chi connectivity index (χ1n) is 6.53. The molecule has 0 amide bonds. The first kappa shape index (κ1) is 13.1. The molecule has 0 radical (unpaired) electrons. The molecular weight excluding hydrogens is 268 g/mol. The van der Waals surface area contributed by atoms with Crippen LogP contribution < -0.4 is 0 Å². The number of rotatable bonds is 3. The lowest BCUT2D eigenvalue weighted by Crippen LogP contribution is -1.98. The zero-order chi connectivity index (χ0) is 14.1. The summed E-state index contributed by atoms with van der Waals surface area (Å²) in [6.45, 7) is 3.88. The van der Waals surface area contributed by atoms with Crippen molar-refractivity contribution in [2.45, 2.75) is 24.5 Å². The molecule has 4 heteroatoms. The topological polar surface area (TPSA) is 45.8 Å². The third kappa shape index (κ3) is 2.51. The second-order valence-corrected chi connectivity index (χ2v) is 6.34. The summed E-state index contributed by atoms with van der Waals surface area (Å²) in [5.74, 6) is 1.32. The normalized spacial score (nSPS) is 12.7. The summed E-state index contributed by atoms with van der Waals surface area (Å²) >= 11 is 0. The Morgan fingerprint density at radius 3 is 2.55 bits per heavy atom. The van der Waals surface area contributed by atoms with Gasteiger partial charge in [-0.2, -0.15) is 0 Å². The fourth-order valence-corrected chi connectivity index (χ4v) is 3.49. The molecule has 0 fully saturated rings. The number of aromatic amines is 1. The van der Waals surface area contributed by atoms with E-state index in [1.165, 1.54) is 5.39 Å². The lowest BCUT2D eigenvalue weighted by atomic mass is 10.1. The van der Waals surface area contributed by atoms with E-state index in [1.807, 2.05) is 50.2 Å². The van der Waals surface area contributed by atoms with Gasteiger partial charge < -0.3 is 4.98 Å². The number of nitrogens with one attached hydrogen (secondary N) is 1. The van der Waals surface area contributed by atoms with Crippen LogP contribution in [0.2, 0.25) is 0 Å². The van der Waals surface area contributed by atoms with Gasteiger partial charge in [-0.3, -0.25) is 4.21 Å². The van der Waals surface area contributed by atoms with E-state index in [9.17, 15) is 4.21 Å². The highest BCUT2D eigenvalue weighted by molar-refractivity contribution is 7.84. The molecule has 2 aromatic carbocycles. The Morgan fingerprint density at radius 2 is 1.85 bits per heavy atom. The second-order valence-electron chi connectivity index (χ2n) is 4.89. The average Bonchev–Trinajstić information content (AvgIpc) is 2.76. The number of hydrogen-bond donors (Lipinski definition) is 1. The van der Waals surface area contributed by atoms with E-state index in [0.717, 1.165) is 27.5 Å². The van der Waals surface area contributed by atoms with Gasteiger partial charge in [-0.1, -0.05) is 30.3 Å². The molecule has 1 heterocycles. The van der Waals surface area contributed by atoms with Crippen LogP contribution in [0, 0.1) is 13.8 Å². The van der Waals surface area contributed by atoms with Gasteiger partial charge in [-0.15, -0.1) is 0 Å². The van der Waals surface area contributed by atoms with E-state index in [1.54, 1.807) is 0 Å². The molecular formula is C16H16N2OS. The SMILES string of the molecule is Cc1nc(CS(=O)c2ccc3ccccc3c2)c(C)[nH]1. The Kier molecular flexibility index (Phi) is 3.40. The van der Waals surface area contributed by atoms with Gasteiger partial charge in [0, 0.05) is 10.6 Å². The maximum absolute atomic E-state index is 12.5. The van der Waals surface area contributed by atoms with E-state index < -0.39 is 10.8 Å². The molecule has 0 bridgehead atoms. The summed E-state index contributed by atoms with van der Waals surface area (Å²) in [4.78, 5) is 8.39. The Hall–Kier alpha value is -1.94. The van der Waals surface area contributed by atoms with Crippen LogP contribution >= 0.6 is 0 Å². The molecule has 0 aliphatic heterocycles. The summed E-state index contributed by atoms with van der Waals surface area (Å²) in [5.41, 5.74) is 1.88. The Balaban J connectivity index is 1.90. The first-order valence-corrected chi connectivity index (χ1v) is 7.84. The van der Waals surface area contributed by atoms with E-state index in [4.69, 9.17) is 0 Å². The molecule has 0 saturated heterocycles. The highest BCUT2D eigenvalue weighted by Crippen LogP contribution is 2.20. The highest BCUT2D eigenvalue weighted by Gasteiger charge is 2.11. The maximum Gasteiger partial charge on any atom is 0.103 e. The van der Waals surface area contributed by atoms with Crippen molar-refractivity contribution >= 4 is 21.6 Å². The van der Waals surface area contributed by atoms with Crippen molar-refractivity contribution in [3.63, 3.8) is 0 Å². The summed E-state index contributed by atoms with van der Waals surface area (Å²) < 4.78 is 12.5. The van der Waals surface area contributed by atoms with Crippen LogP contribution in [0.4, 0.5) is 0 Å². The van der Waals surface area contributed by atoms with Crippen LogP contribution in [-0.2, 0) is 16.6 Å². The molecule has 3 aromatic rings. The van der Waals surface area contributed by atoms with Gasteiger partial charge in [0.2, 0.25) is 0 Å². The number of aromatic nitrogens is 2. The average molecular weight is 284 g/mol. The third-order valence-electron chi connectivity index (χ3n) is 3.36. The number of aryl methyl sites for hydroxylation is 2. The number of benzene rings is 2. The van der Waals surface area contributed by atoms with Crippen molar-refractivity contribution in [2.75, 3.05) is 0 Å². The molecule has 20 heavy (non-hydrogen) atoms. The van der Waals surface area contributed by atoms with Crippen molar-refractivity contribution in [1.82, 2.24) is 9.97 Å². The second kappa shape index (κ2) is 5.21. The third-order valence-corrected chi connectivity index (χ3v) is 4.67. The lowest BCUT2D eigenvalue weighted by molar-refractivity contribution is 0.682. The largest absolute Gasteiger partial charge is 0.346 e. The minimum absolute atomic E-state index is 0.453. The first-order chi connectivity index (χ1) is 9.63. The standard InChI is InChI=1S/C16H16N2OS/c1-11-16(18-12(2)17-11)10-20(19)15-8-7-13-5-3-4-6-14(13)9-15/h3-9H,10H2,1-2H3,(H,17,18). The van der Waals surface area contributed by atoms with Crippen LogP contribution in [0.25, 0.3) is 10.8 Å². The van der Waals surface area contributed by atoms with Crippen molar-refractivity contribution in [3.05, 3.63) is 59.7 Å². The molecule has 0 aliphatic carbocycles. The minimum atomic E-state index is -1.07. The van der Waals surface area contributed by atoms with Gasteiger partial charge in [-0.05, 0) is 36.8 Å². The van der Waals surface area contributed by atoms with Gasteiger partial charge in [-0.25, -0.2) is 4.98 Å². The van der Waals surface area contributed by atoms with Gasteiger partial charge >= 0.3 is 0 Å². The number of fused-ring (bicyclic) bond motifs is 1. The predicted octanol–water partition coefficient (Wildman–Crippen LogP) is 3.49. The van der Waals surface area contributed by atoms with Crippen molar-refractivity contribution in [3.8, 4) is 0 Å². The van der Waals surface area contributed by atoms with Crippen molar-refractivity contribution < 1.29 is 4.21 Å². The van der Waals surface area contributed by atoms with E-state index >= 15 is 0 Å². The summed E-state index contributed by atoms with van der Waals surface area (Å²) in [5, 5.41) is 2.29. The predicted molar refractivity (Wildman–Crippen MR) is 82.1 cm³/mol. The molecule has 1 atom stereocenters. The van der Waals surface area contributed by atoms with Gasteiger partial charge in [0.1, 0.15) is 5.82 Å². The van der Waals surface area contributed by atoms with E-state index in [2.05, 4.69) is 16.0 Å². The smallest absolute Gasteiger partial charge is 0.103 e. The lowest BCUT2D eigenvalue weighted by Gasteiger charge is -2.03. The molecule has 3 rings (SSSR count). The molecule has 0 aliphatic rings. The maximum atomic E-state index is 12.5. The Morgan fingerprint density at radius 1 is 1.10 bits per heavy atom. The molecule has 0 saturated carbocycles. The van der Waals surface area contributed by atoms with E-state index in [0.29, 0.717) is 5.75 Å². The molecule has 0 spiro atoms. The van der Waals surface area contributed by atoms with Crippen LogP contribution in [-0.4, -0.2) is 14.2 Å². The molecule has 1 aromatic heterocycles. The quantitative estimate of drug-likeness (QED) is 0.800. The van der Waals surface area contributed by atoms with Crippen LogP contribution in [0.15, 0.2) is 47.4 Å². The Labute approximate surface area is 120 Å². The number of H-pyrrole nitrogens is 1. The van der Waals surface area contributed by atoms with Gasteiger partial charge in [0.15, 0.2) is 0 Å². The summed E-state index contributed by atoms with van der Waals surface area (Å²) in [6, 6.07) is 14.1.